The van der Waals surface area contributed by atoms with E-state index in [1.54, 1.807) is 4.90 Å². The Kier molecular flexibility index (Phi) is 4.72. The third kappa shape index (κ3) is 3.48. The molecule has 3 N–H and O–H groups in total. The zero-order valence-electron chi connectivity index (χ0n) is 11.4. The molecule has 1 aliphatic rings. The Morgan fingerprint density at radius 1 is 1.38 bits per heavy atom. The van der Waals surface area contributed by atoms with E-state index in [1.807, 2.05) is 0 Å². The highest BCUT2D eigenvalue weighted by atomic mass is 19.2. The van der Waals surface area contributed by atoms with Crippen LogP contribution in [-0.2, 0) is 11.2 Å². The zero-order chi connectivity index (χ0) is 15.4. The van der Waals surface area contributed by atoms with Gasteiger partial charge in [-0.1, -0.05) is 17.3 Å². The number of likely N-dealkylation sites (tertiary alicyclic amines) is 1. The monoisotopic (exact) mass is 297 g/mol. The minimum Gasteiger partial charge on any atom is -0.409 e. The summed E-state index contributed by atoms with van der Waals surface area (Å²) in [6.07, 6.45) is 1.01. The van der Waals surface area contributed by atoms with Gasteiger partial charge in [-0.15, -0.1) is 0 Å². The molecule has 21 heavy (non-hydrogen) atoms. The normalized spacial score (nSPS) is 17.0. The molecule has 114 valence electrons. The first-order valence-electron chi connectivity index (χ1n) is 6.71. The van der Waals surface area contributed by atoms with Crippen LogP contribution in [0.25, 0.3) is 0 Å². The summed E-state index contributed by atoms with van der Waals surface area (Å²) in [4.78, 5) is 13.7. The van der Waals surface area contributed by atoms with Crippen LogP contribution in [0, 0.1) is 17.6 Å². The van der Waals surface area contributed by atoms with Gasteiger partial charge in [-0.2, -0.15) is 0 Å². The fourth-order valence-corrected chi connectivity index (χ4v) is 2.47. The number of nitrogens with zero attached hydrogens (tertiary/aromatic N) is 2. The maximum atomic E-state index is 13.5. The average molecular weight is 297 g/mol. The number of carbonyl (C=O) groups excluding carboxylic acids is 1. The number of halogens is 2. The van der Waals surface area contributed by atoms with Gasteiger partial charge in [0.05, 0.1) is 6.42 Å². The van der Waals surface area contributed by atoms with Crippen LogP contribution in [-0.4, -0.2) is 34.9 Å². The van der Waals surface area contributed by atoms with E-state index in [4.69, 9.17) is 10.9 Å². The van der Waals surface area contributed by atoms with E-state index in [1.165, 1.54) is 12.1 Å². The molecule has 0 atom stereocenters. The molecule has 1 fully saturated rings. The molecule has 1 saturated heterocycles. The largest absolute Gasteiger partial charge is 0.409 e. The van der Waals surface area contributed by atoms with Crippen molar-refractivity contribution >= 4 is 11.7 Å². The molecule has 0 aromatic heterocycles. The van der Waals surface area contributed by atoms with Crippen molar-refractivity contribution in [2.75, 3.05) is 13.1 Å². The van der Waals surface area contributed by atoms with Gasteiger partial charge in [0.25, 0.3) is 0 Å². The maximum absolute atomic E-state index is 13.5. The Morgan fingerprint density at radius 3 is 2.67 bits per heavy atom. The molecule has 1 aliphatic heterocycles. The van der Waals surface area contributed by atoms with Crippen molar-refractivity contribution in [3.63, 3.8) is 0 Å². The average Bonchev–Trinajstić information content (AvgIpc) is 2.51. The van der Waals surface area contributed by atoms with Gasteiger partial charge in [-0.3, -0.25) is 4.79 Å². The van der Waals surface area contributed by atoms with Crippen molar-refractivity contribution in [2.24, 2.45) is 16.8 Å². The molecule has 2 rings (SSSR count). The lowest BCUT2D eigenvalue weighted by Gasteiger charge is -2.31. The van der Waals surface area contributed by atoms with Gasteiger partial charge in [-0.05, 0) is 18.9 Å². The van der Waals surface area contributed by atoms with Crippen LogP contribution < -0.4 is 5.73 Å². The second-order valence-corrected chi connectivity index (χ2v) is 5.07. The van der Waals surface area contributed by atoms with E-state index in [0.717, 1.165) is 6.07 Å². The van der Waals surface area contributed by atoms with E-state index < -0.39 is 11.6 Å². The number of benzene rings is 1. The molecule has 1 aromatic rings. The summed E-state index contributed by atoms with van der Waals surface area (Å²) < 4.78 is 26.6. The number of oxime groups is 1. The first kappa shape index (κ1) is 15.2. The third-order valence-corrected chi connectivity index (χ3v) is 3.75. The van der Waals surface area contributed by atoms with Crippen LogP contribution in [0.15, 0.2) is 23.4 Å². The molecular formula is C14H17F2N3O2. The molecule has 0 radical (unpaired) electrons. The quantitative estimate of drug-likeness (QED) is 0.384. The third-order valence-electron chi connectivity index (χ3n) is 3.75. The summed E-state index contributed by atoms with van der Waals surface area (Å²) in [5.41, 5.74) is 5.59. The molecule has 1 aromatic carbocycles. The van der Waals surface area contributed by atoms with Gasteiger partial charge in [0, 0.05) is 24.6 Å². The van der Waals surface area contributed by atoms with Crippen LogP contribution in [0.1, 0.15) is 18.4 Å². The van der Waals surface area contributed by atoms with E-state index in [-0.39, 0.29) is 29.6 Å². The smallest absolute Gasteiger partial charge is 0.227 e. The molecule has 0 unspecified atom stereocenters. The predicted octanol–water partition coefficient (Wildman–Crippen LogP) is 1.49. The van der Waals surface area contributed by atoms with Crippen molar-refractivity contribution in [3.8, 4) is 0 Å². The van der Waals surface area contributed by atoms with Crippen LogP contribution in [0.5, 0.6) is 0 Å². The number of rotatable bonds is 3. The molecule has 0 aliphatic carbocycles. The van der Waals surface area contributed by atoms with Gasteiger partial charge >= 0.3 is 0 Å². The summed E-state index contributed by atoms with van der Waals surface area (Å²) in [7, 11) is 0. The fraction of sp³-hybridized carbons (Fsp3) is 0.429. The number of carbonyl (C=O) groups is 1. The number of piperidine rings is 1. The molecule has 5 nitrogen and oxygen atoms in total. The molecule has 1 amide bonds. The van der Waals surface area contributed by atoms with Crippen LogP contribution in [0.2, 0.25) is 0 Å². The second kappa shape index (κ2) is 6.51. The Morgan fingerprint density at radius 2 is 2.05 bits per heavy atom. The van der Waals surface area contributed by atoms with Crippen molar-refractivity contribution in [1.29, 1.82) is 0 Å². The van der Waals surface area contributed by atoms with Crippen LogP contribution in [0.3, 0.4) is 0 Å². The number of hydrogen-bond donors (Lipinski definition) is 2. The minimum absolute atomic E-state index is 0.0510. The first-order chi connectivity index (χ1) is 10.0. The SMILES string of the molecule is N/C(=N/O)C1CCN(C(=O)Cc2cccc(F)c2F)CC1. The zero-order valence-corrected chi connectivity index (χ0v) is 11.4. The highest BCUT2D eigenvalue weighted by Gasteiger charge is 2.25. The maximum Gasteiger partial charge on any atom is 0.227 e. The van der Waals surface area contributed by atoms with Gasteiger partial charge in [0.1, 0.15) is 5.84 Å². The van der Waals surface area contributed by atoms with Crippen molar-refractivity contribution < 1.29 is 18.8 Å². The lowest BCUT2D eigenvalue weighted by atomic mass is 9.95. The minimum atomic E-state index is -0.975. The van der Waals surface area contributed by atoms with E-state index in [0.29, 0.717) is 25.9 Å². The summed E-state index contributed by atoms with van der Waals surface area (Å²) in [5.74, 6) is -2.07. The lowest BCUT2D eigenvalue weighted by molar-refractivity contribution is -0.131. The molecule has 0 saturated carbocycles. The van der Waals surface area contributed by atoms with Crippen LogP contribution >= 0.6 is 0 Å². The standard InChI is InChI=1S/C14H17F2N3O2/c15-11-3-1-2-10(13(11)16)8-12(20)19-6-4-9(5-7-19)14(17)18-21/h1-3,9,21H,4-8H2,(H2,17,18). The molecule has 1 heterocycles. The Hall–Kier alpha value is -2.18. The van der Waals surface area contributed by atoms with E-state index in [9.17, 15) is 13.6 Å². The van der Waals surface area contributed by atoms with Gasteiger partial charge in [0.15, 0.2) is 11.6 Å². The number of amides is 1. The summed E-state index contributed by atoms with van der Waals surface area (Å²) >= 11 is 0. The molecule has 0 bridgehead atoms. The Bertz CT molecular complexity index is 555. The van der Waals surface area contributed by atoms with E-state index in [2.05, 4.69) is 5.16 Å². The second-order valence-electron chi connectivity index (χ2n) is 5.07. The van der Waals surface area contributed by atoms with Gasteiger partial charge < -0.3 is 15.8 Å². The van der Waals surface area contributed by atoms with Crippen molar-refractivity contribution in [3.05, 3.63) is 35.4 Å². The van der Waals surface area contributed by atoms with Gasteiger partial charge in [-0.25, -0.2) is 8.78 Å². The van der Waals surface area contributed by atoms with Gasteiger partial charge in [0.2, 0.25) is 5.91 Å². The highest BCUT2D eigenvalue weighted by Crippen LogP contribution is 2.19. The molecular weight excluding hydrogens is 280 g/mol. The summed E-state index contributed by atoms with van der Waals surface area (Å²) in [6, 6.07) is 3.80. The van der Waals surface area contributed by atoms with Crippen molar-refractivity contribution in [1.82, 2.24) is 4.90 Å². The Balaban J connectivity index is 1.95. The summed E-state index contributed by atoms with van der Waals surface area (Å²) in [6.45, 7) is 0.910. The topological polar surface area (TPSA) is 78.9 Å². The number of hydrogen-bond acceptors (Lipinski definition) is 3. The Labute approximate surface area is 121 Å². The summed E-state index contributed by atoms with van der Waals surface area (Å²) in [5, 5.41) is 11.6. The predicted molar refractivity (Wildman–Crippen MR) is 72.8 cm³/mol. The molecule has 7 heteroatoms. The van der Waals surface area contributed by atoms with Crippen molar-refractivity contribution in [2.45, 2.75) is 19.3 Å². The first-order valence-corrected chi connectivity index (χ1v) is 6.71. The number of amidine groups is 1. The molecule has 0 spiro atoms. The van der Waals surface area contributed by atoms with Crippen LogP contribution in [0.4, 0.5) is 8.78 Å². The lowest BCUT2D eigenvalue weighted by Crippen LogP contribution is -2.42. The number of nitrogens with two attached hydrogens (primary N) is 1. The highest BCUT2D eigenvalue weighted by molar-refractivity contribution is 5.83. The van der Waals surface area contributed by atoms with E-state index >= 15 is 0 Å². The fourth-order valence-electron chi connectivity index (χ4n) is 2.47.